The van der Waals surface area contributed by atoms with Gasteiger partial charge < -0.3 is 14.4 Å². The van der Waals surface area contributed by atoms with E-state index in [1.807, 2.05) is 6.07 Å². The summed E-state index contributed by atoms with van der Waals surface area (Å²) in [5.74, 6) is -0.996. The maximum absolute atomic E-state index is 11.1. The fourth-order valence-electron chi connectivity index (χ4n) is 1.72. The van der Waals surface area contributed by atoms with E-state index in [1.165, 1.54) is 7.11 Å². The first-order chi connectivity index (χ1) is 7.65. The summed E-state index contributed by atoms with van der Waals surface area (Å²) in [6.45, 7) is 0.162. The molecule has 0 spiro atoms. The van der Waals surface area contributed by atoms with Crippen molar-refractivity contribution >= 4 is 28.5 Å². The number of methoxy groups -OCH3 is 1. The number of nitrogens with zero attached hydrogens (tertiary/aromatic N) is 1. The first-order valence-corrected chi connectivity index (χ1v) is 5.03. The Labute approximate surface area is 97.0 Å². The van der Waals surface area contributed by atoms with E-state index in [9.17, 15) is 4.79 Å². The van der Waals surface area contributed by atoms with Gasteiger partial charge in [-0.25, -0.2) is 4.79 Å². The van der Waals surface area contributed by atoms with Crippen molar-refractivity contribution in [2.75, 3.05) is 7.11 Å². The van der Waals surface area contributed by atoms with Crippen molar-refractivity contribution in [3.8, 4) is 0 Å². The molecule has 2 rings (SSSR count). The zero-order valence-electron chi connectivity index (χ0n) is 8.61. The normalized spacial score (nSPS) is 10.9. The zero-order valence-corrected chi connectivity index (χ0v) is 9.36. The van der Waals surface area contributed by atoms with Gasteiger partial charge in [0.2, 0.25) is 0 Å². The average Bonchev–Trinajstić information content (AvgIpc) is 2.59. The van der Waals surface area contributed by atoms with Crippen molar-refractivity contribution in [2.24, 2.45) is 0 Å². The van der Waals surface area contributed by atoms with Crippen LogP contribution in [0.5, 0.6) is 0 Å². The molecular weight excluding hydrogens is 230 g/mol. The third-order valence-corrected chi connectivity index (χ3v) is 2.65. The van der Waals surface area contributed by atoms with Crippen molar-refractivity contribution < 1.29 is 14.6 Å². The molecule has 1 aromatic carbocycles. The number of carboxylic acid groups (broad SMARTS) is 1. The number of aromatic carboxylic acids is 1. The van der Waals surface area contributed by atoms with Gasteiger partial charge in [-0.15, -0.1) is 0 Å². The van der Waals surface area contributed by atoms with Crippen molar-refractivity contribution in [2.45, 2.75) is 6.73 Å². The highest BCUT2D eigenvalue weighted by Gasteiger charge is 2.15. The first-order valence-electron chi connectivity index (χ1n) is 4.65. The lowest BCUT2D eigenvalue weighted by Crippen LogP contribution is -2.09. The lowest BCUT2D eigenvalue weighted by Gasteiger charge is -2.07. The van der Waals surface area contributed by atoms with E-state index in [-0.39, 0.29) is 12.4 Å². The summed E-state index contributed by atoms with van der Waals surface area (Å²) in [5.41, 5.74) is 0.855. The molecule has 1 N–H and O–H groups in total. The second kappa shape index (κ2) is 4.15. The summed E-state index contributed by atoms with van der Waals surface area (Å²) in [4.78, 5) is 11.1. The lowest BCUT2D eigenvalue weighted by atomic mass is 10.2. The minimum Gasteiger partial charge on any atom is -0.477 e. The summed E-state index contributed by atoms with van der Waals surface area (Å²) >= 11 is 6.05. The van der Waals surface area contributed by atoms with Gasteiger partial charge in [-0.3, -0.25) is 0 Å². The van der Waals surface area contributed by atoms with Crippen LogP contribution in [-0.4, -0.2) is 22.8 Å². The minimum absolute atomic E-state index is 0.162. The number of carbonyl (C=O) groups is 1. The van der Waals surface area contributed by atoms with Crippen molar-refractivity contribution in [3.05, 3.63) is 35.0 Å². The average molecular weight is 240 g/mol. The van der Waals surface area contributed by atoms with Crippen LogP contribution in [0.15, 0.2) is 24.3 Å². The van der Waals surface area contributed by atoms with Crippen LogP contribution in [0.2, 0.25) is 5.02 Å². The molecule has 1 heterocycles. The van der Waals surface area contributed by atoms with Crippen molar-refractivity contribution in [1.29, 1.82) is 0 Å². The van der Waals surface area contributed by atoms with Crippen LogP contribution < -0.4 is 0 Å². The molecule has 0 aliphatic rings. The Balaban J connectivity index is 2.77. The Morgan fingerprint density at radius 1 is 1.56 bits per heavy atom. The maximum atomic E-state index is 11.1. The minimum atomic E-state index is -0.996. The highest BCUT2D eigenvalue weighted by molar-refractivity contribution is 6.35. The highest BCUT2D eigenvalue weighted by Crippen LogP contribution is 2.27. The van der Waals surface area contributed by atoms with Crippen molar-refractivity contribution in [3.63, 3.8) is 0 Å². The van der Waals surface area contributed by atoms with Gasteiger partial charge in [0.15, 0.2) is 0 Å². The molecule has 0 saturated carbocycles. The number of benzene rings is 1. The number of fused-ring (bicyclic) bond motifs is 1. The first kappa shape index (κ1) is 11.0. The quantitative estimate of drug-likeness (QED) is 0.896. The molecule has 1 aromatic heterocycles. The molecule has 2 aromatic rings. The zero-order chi connectivity index (χ0) is 11.7. The Morgan fingerprint density at radius 2 is 2.31 bits per heavy atom. The van der Waals surface area contributed by atoms with Gasteiger partial charge >= 0.3 is 5.97 Å². The predicted octanol–water partition coefficient (Wildman–Crippen LogP) is 2.60. The standard InChI is InChI=1S/C11H10ClNO3/c1-16-6-13-9(11(14)15)5-7-3-2-4-8(12)10(7)13/h2-5H,6H2,1H3,(H,14,15). The smallest absolute Gasteiger partial charge is 0.352 e. The molecule has 0 bridgehead atoms. The maximum Gasteiger partial charge on any atom is 0.352 e. The topological polar surface area (TPSA) is 51.5 Å². The summed E-state index contributed by atoms with van der Waals surface area (Å²) in [6, 6.07) is 6.91. The summed E-state index contributed by atoms with van der Waals surface area (Å²) in [5, 5.41) is 10.4. The summed E-state index contributed by atoms with van der Waals surface area (Å²) in [7, 11) is 1.51. The second-order valence-corrected chi connectivity index (χ2v) is 3.77. The molecule has 0 radical (unpaired) electrons. The Hall–Kier alpha value is -1.52. The third-order valence-electron chi connectivity index (χ3n) is 2.35. The van der Waals surface area contributed by atoms with Crippen LogP contribution in [0, 0.1) is 0 Å². The Morgan fingerprint density at radius 3 is 2.94 bits per heavy atom. The lowest BCUT2D eigenvalue weighted by molar-refractivity contribution is 0.0664. The van der Waals surface area contributed by atoms with Gasteiger partial charge in [0, 0.05) is 12.5 Å². The molecule has 4 nitrogen and oxygen atoms in total. The molecule has 0 saturated heterocycles. The summed E-state index contributed by atoms with van der Waals surface area (Å²) in [6.07, 6.45) is 0. The van der Waals surface area contributed by atoms with Gasteiger partial charge in [-0.2, -0.15) is 0 Å². The van der Waals surface area contributed by atoms with Crippen LogP contribution in [-0.2, 0) is 11.5 Å². The van der Waals surface area contributed by atoms with Crippen LogP contribution in [0.25, 0.3) is 10.9 Å². The number of carboxylic acids is 1. The van der Waals surface area contributed by atoms with Crippen LogP contribution in [0.1, 0.15) is 10.5 Å². The molecule has 0 atom stereocenters. The third kappa shape index (κ3) is 1.66. The number of para-hydroxylation sites is 1. The molecule has 0 aliphatic heterocycles. The number of rotatable bonds is 3. The molecule has 16 heavy (non-hydrogen) atoms. The van der Waals surface area contributed by atoms with E-state index in [0.29, 0.717) is 10.5 Å². The van der Waals surface area contributed by atoms with Crippen LogP contribution >= 0.6 is 11.6 Å². The van der Waals surface area contributed by atoms with E-state index >= 15 is 0 Å². The number of hydrogen-bond donors (Lipinski definition) is 1. The number of hydrogen-bond acceptors (Lipinski definition) is 2. The van der Waals surface area contributed by atoms with E-state index in [4.69, 9.17) is 21.4 Å². The molecule has 84 valence electrons. The monoisotopic (exact) mass is 239 g/mol. The fourth-order valence-corrected chi connectivity index (χ4v) is 2.00. The van der Waals surface area contributed by atoms with E-state index in [2.05, 4.69) is 0 Å². The number of halogens is 1. The number of ether oxygens (including phenoxy) is 1. The fraction of sp³-hybridized carbons (Fsp3) is 0.182. The van der Waals surface area contributed by atoms with Gasteiger partial charge in [0.05, 0.1) is 10.5 Å². The van der Waals surface area contributed by atoms with E-state index in [0.717, 1.165) is 5.39 Å². The largest absolute Gasteiger partial charge is 0.477 e. The van der Waals surface area contributed by atoms with Crippen LogP contribution in [0.3, 0.4) is 0 Å². The molecule has 0 aliphatic carbocycles. The molecular formula is C11H10ClNO3. The Kier molecular flexibility index (Phi) is 2.85. The molecule has 0 unspecified atom stereocenters. The predicted molar refractivity (Wildman–Crippen MR) is 60.9 cm³/mol. The Bertz CT molecular complexity index is 547. The van der Waals surface area contributed by atoms with Crippen LogP contribution in [0.4, 0.5) is 0 Å². The van der Waals surface area contributed by atoms with E-state index in [1.54, 1.807) is 22.8 Å². The number of aromatic nitrogens is 1. The van der Waals surface area contributed by atoms with Gasteiger partial charge in [-0.1, -0.05) is 23.7 Å². The van der Waals surface area contributed by atoms with Crippen molar-refractivity contribution in [1.82, 2.24) is 4.57 Å². The highest BCUT2D eigenvalue weighted by atomic mass is 35.5. The molecule has 0 amide bonds. The van der Waals surface area contributed by atoms with Gasteiger partial charge in [0.25, 0.3) is 0 Å². The van der Waals surface area contributed by atoms with Gasteiger partial charge in [-0.05, 0) is 12.1 Å². The molecule has 5 heteroatoms. The van der Waals surface area contributed by atoms with E-state index < -0.39 is 5.97 Å². The second-order valence-electron chi connectivity index (χ2n) is 3.36. The summed E-state index contributed by atoms with van der Waals surface area (Å²) < 4.78 is 6.52. The van der Waals surface area contributed by atoms with Gasteiger partial charge in [0.1, 0.15) is 12.4 Å². The molecule has 0 fully saturated rings. The SMILES string of the molecule is COCn1c(C(=O)O)cc2cccc(Cl)c21.